The van der Waals surface area contributed by atoms with Crippen LogP contribution in [0.25, 0.3) is 11.1 Å². The van der Waals surface area contributed by atoms with Crippen molar-refractivity contribution in [1.82, 2.24) is 0 Å². The van der Waals surface area contributed by atoms with E-state index in [1.807, 2.05) is 0 Å². The zero-order chi connectivity index (χ0) is 27.8. The maximum atomic E-state index is 14.1. The summed E-state index contributed by atoms with van der Waals surface area (Å²) in [6.45, 7) is 0. The van der Waals surface area contributed by atoms with Crippen molar-refractivity contribution in [1.29, 1.82) is 0 Å². The summed E-state index contributed by atoms with van der Waals surface area (Å²) in [4.78, 5) is 23.5. The summed E-state index contributed by atoms with van der Waals surface area (Å²) in [5.74, 6) is 0.0737. The highest BCUT2D eigenvalue weighted by molar-refractivity contribution is 8.00. The van der Waals surface area contributed by atoms with Gasteiger partial charge < -0.3 is 9.80 Å². The molecule has 0 atom stereocenters. The van der Waals surface area contributed by atoms with Crippen LogP contribution in [0.15, 0.2) is 153 Å². The second-order valence-corrected chi connectivity index (χ2v) is 12.7. The van der Waals surface area contributed by atoms with Gasteiger partial charge in [-0.1, -0.05) is 84.2 Å². The van der Waals surface area contributed by atoms with Crippen molar-refractivity contribution in [3.05, 3.63) is 145 Å². The summed E-state index contributed by atoms with van der Waals surface area (Å²) in [5, 5.41) is 0. The Labute approximate surface area is 252 Å². The normalized spacial score (nSPS) is 14.0. The van der Waals surface area contributed by atoms with E-state index in [4.69, 9.17) is 0 Å². The average molecular weight is 575 g/mol. The SMILES string of the molecule is O=C1c2cc(N3c4ccccc4Sc4ccccc43)ccc2-c2ccc(N3c4ccccc4Sc4ccccc43)cc21. The number of carbonyl (C=O) groups excluding carboxylic acids is 1. The zero-order valence-electron chi connectivity index (χ0n) is 22.3. The van der Waals surface area contributed by atoms with E-state index in [-0.39, 0.29) is 5.78 Å². The van der Waals surface area contributed by atoms with Crippen molar-refractivity contribution in [3.63, 3.8) is 0 Å². The van der Waals surface area contributed by atoms with Crippen molar-refractivity contribution in [2.75, 3.05) is 9.80 Å². The Bertz CT molecular complexity index is 1860. The third kappa shape index (κ3) is 3.47. The minimum atomic E-state index is 0.0737. The molecule has 42 heavy (non-hydrogen) atoms. The third-order valence-electron chi connectivity index (χ3n) is 8.17. The zero-order valence-corrected chi connectivity index (χ0v) is 24.0. The lowest BCUT2D eigenvalue weighted by atomic mass is 10.0. The quantitative estimate of drug-likeness (QED) is 0.204. The van der Waals surface area contributed by atoms with E-state index >= 15 is 0 Å². The van der Waals surface area contributed by atoms with E-state index in [2.05, 4.69) is 143 Å². The number of benzene rings is 6. The molecule has 2 heterocycles. The molecule has 1 aliphatic carbocycles. The van der Waals surface area contributed by atoms with Crippen molar-refractivity contribution in [2.24, 2.45) is 0 Å². The molecule has 0 radical (unpaired) electrons. The standard InChI is InChI=1S/C37H22N2OS2/c40-37-27-21-23(38-29-9-1-5-13-33(29)41-34-14-6-2-10-30(34)38)17-19-25(27)26-20-18-24(22-28(26)37)39-31-11-3-7-15-35(31)42-36-16-8-4-12-32(36)39/h1-22H. The number of ketones is 1. The van der Waals surface area contributed by atoms with Gasteiger partial charge in [0.15, 0.2) is 5.78 Å². The highest BCUT2D eigenvalue weighted by Crippen LogP contribution is 2.54. The predicted molar refractivity (Wildman–Crippen MR) is 173 cm³/mol. The number of fused-ring (bicyclic) bond motifs is 7. The average Bonchev–Trinajstić information content (AvgIpc) is 3.32. The van der Waals surface area contributed by atoms with Gasteiger partial charge in [0.1, 0.15) is 0 Å². The van der Waals surface area contributed by atoms with Gasteiger partial charge >= 0.3 is 0 Å². The van der Waals surface area contributed by atoms with Gasteiger partial charge in [0.25, 0.3) is 0 Å². The minimum absolute atomic E-state index is 0.0737. The smallest absolute Gasteiger partial charge is 0.194 e. The minimum Gasteiger partial charge on any atom is -0.308 e. The van der Waals surface area contributed by atoms with Crippen molar-refractivity contribution < 1.29 is 4.79 Å². The number of hydrogen-bond donors (Lipinski definition) is 0. The molecule has 3 aliphatic rings. The Hall–Kier alpha value is -4.71. The lowest BCUT2D eigenvalue weighted by Gasteiger charge is -2.33. The molecule has 3 nitrogen and oxygen atoms in total. The van der Waals surface area contributed by atoms with E-state index in [1.54, 1.807) is 23.5 Å². The maximum absolute atomic E-state index is 14.1. The Balaban J connectivity index is 1.15. The molecule has 6 aromatic carbocycles. The molecule has 0 saturated heterocycles. The number of hydrogen-bond acceptors (Lipinski definition) is 5. The lowest BCUT2D eigenvalue weighted by molar-refractivity contribution is 0.104. The van der Waals surface area contributed by atoms with Gasteiger partial charge in [0, 0.05) is 42.1 Å². The van der Waals surface area contributed by atoms with Crippen LogP contribution in [0.1, 0.15) is 15.9 Å². The molecule has 0 aromatic heterocycles. The Morgan fingerprint density at radius 1 is 0.381 bits per heavy atom. The Morgan fingerprint density at radius 3 is 1.07 bits per heavy atom. The van der Waals surface area contributed by atoms with Crippen molar-refractivity contribution in [2.45, 2.75) is 19.6 Å². The molecule has 198 valence electrons. The number of para-hydroxylation sites is 4. The van der Waals surface area contributed by atoms with Crippen LogP contribution in [-0.2, 0) is 0 Å². The molecular weight excluding hydrogens is 553 g/mol. The Kier molecular flexibility index (Phi) is 5.21. The van der Waals surface area contributed by atoms with Crippen LogP contribution in [0.4, 0.5) is 34.1 Å². The molecule has 0 N–H and O–H groups in total. The molecule has 5 heteroatoms. The maximum Gasteiger partial charge on any atom is 0.194 e. The van der Waals surface area contributed by atoms with Gasteiger partial charge in [-0.3, -0.25) is 4.79 Å². The van der Waals surface area contributed by atoms with Gasteiger partial charge in [-0.05, 0) is 83.9 Å². The van der Waals surface area contributed by atoms with Gasteiger partial charge in [0.2, 0.25) is 0 Å². The van der Waals surface area contributed by atoms with E-state index in [9.17, 15) is 4.79 Å². The first-order valence-corrected chi connectivity index (χ1v) is 15.5. The summed E-state index contributed by atoms with van der Waals surface area (Å²) in [7, 11) is 0. The number of anilines is 6. The summed E-state index contributed by atoms with van der Waals surface area (Å²) >= 11 is 3.57. The Morgan fingerprint density at radius 2 is 0.714 bits per heavy atom. The van der Waals surface area contributed by atoms with Crippen LogP contribution >= 0.6 is 23.5 Å². The summed E-state index contributed by atoms with van der Waals surface area (Å²) in [5.41, 5.74) is 10.0. The molecule has 2 aliphatic heterocycles. The number of nitrogens with zero attached hydrogens (tertiary/aromatic N) is 2. The van der Waals surface area contributed by atoms with Gasteiger partial charge in [-0.2, -0.15) is 0 Å². The first kappa shape index (κ1) is 23.9. The molecule has 0 amide bonds. The summed E-state index contributed by atoms with van der Waals surface area (Å²) in [6, 6.07) is 46.5. The predicted octanol–water partition coefficient (Wildman–Crippen LogP) is 10.8. The summed E-state index contributed by atoms with van der Waals surface area (Å²) in [6.07, 6.45) is 0. The molecule has 0 fully saturated rings. The molecule has 0 unspecified atom stereocenters. The molecule has 0 bridgehead atoms. The first-order valence-electron chi connectivity index (χ1n) is 13.9. The molecular formula is C37H22N2OS2. The third-order valence-corrected chi connectivity index (χ3v) is 10.4. The van der Waals surface area contributed by atoms with Gasteiger partial charge in [-0.25, -0.2) is 0 Å². The van der Waals surface area contributed by atoms with E-state index in [1.165, 1.54) is 19.6 Å². The highest BCUT2D eigenvalue weighted by atomic mass is 32.2. The largest absolute Gasteiger partial charge is 0.308 e. The van der Waals surface area contributed by atoms with Gasteiger partial charge in [-0.15, -0.1) is 0 Å². The highest BCUT2D eigenvalue weighted by Gasteiger charge is 2.32. The fourth-order valence-electron chi connectivity index (χ4n) is 6.30. The number of carbonyl (C=O) groups is 1. The van der Waals surface area contributed by atoms with Crippen LogP contribution < -0.4 is 9.80 Å². The van der Waals surface area contributed by atoms with Crippen LogP contribution in [-0.4, -0.2) is 5.78 Å². The monoisotopic (exact) mass is 574 g/mol. The fraction of sp³-hybridized carbons (Fsp3) is 0. The fourth-order valence-corrected chi connectivity index (χ4v) is 8.41. The van der Waals surface area contributed by atoms with Gasteiger partial charge in [0.05, 0.1) is 22.7 Å². The van der Waals surface area contributed by atoms with E-state index in [0.29, 0.717) is 0 Å². The first-order chi connectivity index (χ1) is 20.7. The van der Waals surface area contributed by atoms with Crippen LogP contribution in [0, 0.1) is 0 Å². The van der Waals surface area contributed by atoms with E-state index < -0.39 is 0 Å². The van der Waals surface area contributed by atoms with Crippen LogP contribution in [0.2, 0.25) is 0 Å². The second-order valence-electron chi connectivity index (χ2n) is 10.5. The molecule has 9 rings (SSSR count). The lowest BCUT2D eigenvalue weighted by Crippen LogP contribution is -2.15. The number of rotatable bonds is 2. The van der Waals surface area contributed by atoms with Crippen molar-refractivity contribution in [3.8, 4) is 11.1 Å². The molecule has 0 spiro atoms. The topological polar surface area (TPSA) is 23.6 Å². The van der Waals surface area contributed by atoms with E-state index in [0.717, 1.165) is 56.4 Å². The second kappa shape index (κ2) is 9.15. The molecule has 0 saturated carbocycles. The van der Waals surface area contributed by atoms with Crippen LogP contribution in [0.5, 0.6) is 0 Å². The summed E-state index contributed by atoms with van der Waals surface area (Å²) < 4.78 is 0. The van der Waals surface area contributed by atoms with Crippen molar-refractivity contribution >= 4 is 63.4 Å². The molecule has 6 aromatic rings. The van der Waals surface area contributed by atoms with Crippen LogP contribution in [0.3, 0.4) is 0 Å².